The lowest BCUT2D eigenvalue weighted by Crippen LogP contribution is -2.31. The maximum absolute atomic E-state index is 13.8. The van der Waals surface area contributed by atoms with Gasteiger partial charge in [-0.1, -0.05) is 50.3 Å². The Morgan fingerprint density at radius 1 is 0.971 bits per heavy atom. The lowest BCUT2D eigenvalue weighted by atomic mass is 10.0. The minimum Gasteiger partial charge on any atom is -0.396 e. The van der Waals surface area contributed by atoms with Crippen LogP contribution in [0.1, 0.15) is 25.0 Å². The van der Waals surface area contributed by atoms with Crippen molar-refractivity contribution in [1.82, 2.24) is 4.90 Å². The Morgan fingerprint density at radius 2 is 1.63 bits per heavy atom. The van der Waals surface area contributed by atoms with E-state index in [1.165, 1.54) is 28.5 Å². The standard InChI is InChI=1S/C15H18F2N4.C11H10S.C2H6/c1-21-8-9(6-10(7-18)15(21)20)2-3-11-12(16)4-5-13(19)14(11)17;1-8-4-2-6-10-9(8)5-3-7-11(10)12;1-2/h2-6H,7-8,18-20H2,1H3;2-7,12H,1H3;1-2H3. The predicted octanol–water partition coefficient (Wildman–Crippen LogP) is 6.02. The highest BCUT2D eigenvalue weighted by Crippen LogP contribution is 2.24. The fourth-order valence-electron chi connectivity index (χ4n) is 3.59. The summed E-state index contributed by atoms with van der Waals surface area (Å²) >= 11 is 4.40. The Bertz CT molecular complexity index is 1220. The van der Waals surface area contributed by atoms with E-state index in [2.05, 4.69) is 43.8 Å². The Hall–Kier alpha value is -3.29. The first-order chi connectivity index (χ1) is 16.7. The summed E-state index contributed by atoms with van der Waals surface area (Å²) in [5, 5.41) is 2.53. The number of anilines is 1. The third kappa shape index (κ3) is 6.87. The molecule has 0 atom stereocenters. The van der Waals surface area contributed by atoms with Crippen molar-refractivity contribution < 1.29 is 8.78 Å². The Morgan fingerprint density at radius 3 is 2.29 bits per heavy atom. The minimum absolute atomic E-state index is 0.0856. The molecule has 0 fully saturated rings. The van der Waals surface area contributed by atoms with Gasteiger partial charge < -0.3 is 22.1 Å². The van der Waals surface area contributed by atoms with E-state index in [9.17, 15) is 8.78 Å². The average Bonchev–Trinajstić information content (AvgIpc) is 2.86. The topological polar surface area (TPSA) is 81.3 Å². The van der Waals surface area contributed by atoms with Gasteiger partial charge in [0, 0.05) is 36.2 Å². The third-order valence-electron chi connectivity index (χ3n) is 5.48. The first kappa shape index (κ1) is 28.0. The lowest BCUT2D eigenvalue weighted by molar-refractivity contribution is 0.439. The van der Waals surface area contributed by atoms with Crippen molar-refractivity contribution in [3.8, 4) is 0 Å². The van der Waals surface area contributed by atoms with Crippen LogP contribution in [-0.2, 0) is 0 Å². The first-order valence-corrected chi connectivity index (χ1v) is 11.9. The summed E-state index contributed by atoms with van der Waals surface area (Å²) in [6.45, 7) is 6.96. The van der Waals surface area contributed by atoms with E-state index in [4.69, 9.17) is 17.2 Å². The van der Waals surface area contributed by atoms with Gasteiger partial charge in [-0.05, 0) is 59.2 Å². The van der Waals surface area contributed by atoms with E-state index in [1.807, 2.05) is 44.0 Å². The number of halogens is 2. The van der Waals surface area contributed by atoms with Crippen LogP contribution in [0.3, 0.4) is 0 Å². The molecule has 35 heavy (non-hydrogen) atoms. The number of likely N-dealkylation sites (N-methyl/N-ethyl adjacent to an activating group) is 1. The molecule has 7 heteroatoms. The fraction of sp³-hybridized carbons (Fsp3) is 0.214. The maximum Gasteiger partial charge on any atom is 0.156 e. The van der Waals surface area contributed by atoms with Gasteiger partial charge in [-0.2, -0.15) is 0 Å². The minimum atomic E-state index is -0.759. The number of thiol groups is 1. The first-order valence-electron chi connectivity index (χ1n) is 11.4. The number of nitrogens with two attached hydrogens (primary N) is 3. The number of hydrogen-bond acceptors (Lipinski definition) is 5. The monoisotopic (exact) mass is 496 g/mol. The van der Waals surface area contributed by atoms with E-state index in [1.54, 1.807) is 6.08 Å². The van der Waals surface area contributed by atoms with Gasteiger partial charge in [-0.15, -0.1) is 12.6 Å². The van der Waals surface area contributed by atoms with Crippen LogP contribution in [0.4, 0.5) is 14.5 Å². The van der Waals surface area contributed by atoms with Crippen molar-refractivity contribution in [2.45, 2.75) is 25.7 Å². The molecule has 6 N–H and O–H groups in total. The largest absolute Gasteiger partial charge is 0.396 e. The molecule has 0 saturated heterocycles. The van der Waals surface area contributed by atoms with Gasteiger partial charge in [0.15, 0.2) is 5.82 Å². The zero-order valence-electron chi connectivity index (χ0n) is 20.6. The highest BCUT2D eigenvalue weighted by Gasteiger charge is 2.14. The summed E-state index contributed by atoms with van der Waals surface area (Å²) in [6, 6.07) is 14.8. The third-order valence-corrected chi connectivity index (χ3v) is 5.87. The molecule has 3 aromatic carbocycles. The van der Waals surface area contributed by atoms with Gasteiger partial charge in [0.1, 0.15) is 11.6 Å². The normalized spacial score (nSPS) is 13.3. The van der Waals surface area contributed by atoms with Gasteiger partial charge in [0.05, 0.1) is 5.69 Å². The highest BCUT2D eigenvalue weighted by atomic mass is 32.1. The van der Waals surface area contributed by atoms with E-state index in [0.717, 1.165) is 22.1 Å². The number of nitrogen functional groups attached to an aromatic ring is 1. The van der Waals surface area contributed by atoms with E-state index >= 15 is 0 Å². The molecule has 0 radical (unpaired) electrons. The van der Waals surface area contributed by atoms with E-state index < -0.39 is 11.6 Å². The van der Waals surface area contributed by atoms with Gasteiger partial charge in [-0.25, -0.2) is 8.78 Å². The molecule has 186 valence electrons. The molecule has 0 aromatic heterocycles. The van der Waals surface area contributed by atoms with Crippen LogP contribution in [0.5, 0.6) is 0 Å². The number of nitrogens with zero attached hydrogens (tertiary/aromatic N) is 1. The summed E-state index contributed by atoms with van der Waals surface area (Å²) < 4.78 is 27.4. The predicted molar refractivity (Wildman–Crippen MR) is 148 cm³/mol. The number of aryl methyl sites for hydroxylation is 1. The van der Waals surface area contributed by atoms with Gasteiger partial charge in [-0.3, -0.25) is 0 Å². The Balaban J connectivity index is 0.000000260. The second-order valence-corrected chi connectivity index (χ2v) is 8.32. The van der Waals surface area contributed by atoms with Crippen molar-refractivity contribution in [2.75, 3.05) is 25.9 Å². The molecule has 1 aliphatic rings. The number of benzene rings is 3. The molecule has 3 aromatic rings. The van der Waals surface area contributed by atoms with Crippen LogP contribution in [0.2, 0.25) is 0 Å². The molecular formula is C28H34F2N4S. The fourth-order valence-corrected chi connectivity index (χ4v) is 3.87. The molecule has 4 rings (SSSR count). The molecule has 1 heterocycles. The highest BCUT2D eigenvalue weighted by molar-refractivity contribution is 7.80. The van der Waals surface area contributed by atoms with Crippen LogP contribution in [0, 0.1) is 18.6 Å². The summed E-state index contributed by atoms with van der Waals surface area (Å²) in [4.78, 5) is 2.88. The van der Waals surface area contributed by atoms with Gasteiger partial charge in [0.25, 0.3) is 0 Å². The van der Waals surface area contributed by atoms with Crippen LogP contribution >= 0.6 is 12.6 Å². The molecule has 0 saturated carbocycles. The van der Waals surface area contributed by atoms with Crippen molar-refractivity contribution in [3.63, 3.8) is 0 Å². The van der Waals surface area contributed by atoms with Crippen molar-refractivity contribution in [3.05, 3.63) is 100 Å². The zero-order chi connectivity index (χ0) is 26.1. The van der Waals surface area contributed by atoms with Crippen molar-refractivity contribution >= 4 is 35.2 Å². The molecule has 0 bridgehead atoms. The van der Waals surface area contributed by atoms with Crippen LogP contribution in [0.15, 0.2) is 82.5 Å². The Labute approximate surface area is 212 Å². The van der Waals surface area contributed by atoms with Crippen LogP contribution < -0.4 is 17.2 Å². The molecule has 0 amide bonds. The quantitative estimate of drug-likeness (QED) is 0.264. The molecule has 0 aliphatic carbocycles. The second-order valence-electron chi connectivity index (χ2n) is 7.83. The van der Waals surface area contributed by atoms with Crippen molar-refractivity contribution in [1.29, 1.82) is 0 Å². The molecule has 4 nitrogen and oxygen atoms in total. The number of hydrogen-bond donors (Lipinski definition) is 4. The van der Waals surface area contributed by atoms with E-state index in [0.29, 0.717) is 18.9 Å². The second kappa shape index (κ2) is 13.0. The van der Waals surface area contributed by atoms with Gasteiger partial charge >= 0.3 is 0 Å². The SMILES string of the molecule is CC.CN1CC(C=Cc2c(F)ccc(N)c2F)=CC(CN)=C1N.Cc1cccc2c(S)cccc12. The molecule has 1 aliphatic heterocycles. The number of rotatable bonds is 3. The van der Waals surface area contributed by atoms with Crippen LogP contribution in [0.25, 0.3) is 16.8 Å². The summed E-state index contributed by atoms with van der Waals surface area (Å²) in [5.74, 6) is -0.807. The zero-order valence-corrected chi connectivity index (χ0v) is 21.5. The lowest BCUT2D eigenvalue weighted by Gasteiger charge is -2.26. The summed E-state index contributed by atoms with van der Waals surface area (Å²) in [6.07, 6.45) is 4.84. The van der Waals surface area contributed by atoms with Gasteiger partial charge in [0.2, 0.25) is 0 Å². The van der Waals surface area contributed by atoms with Crippen LogP contribution in [-0.4, -0.2) is 25.0 Å². The molecule has 0 spiro atoms. The average molecular weight is 497 g/mol. The van der Waals surface area contributed by atoms with E-state index in [-0.39, 0.29) is 11.3 Å². The smallest absolute Gasteiger partial charge is 0.156 e. The number of fused-ring (bicyclic) bond motifs is 1. The molecule has 0 unspecified atom stereocenters. The summed E-state index contributed by atoms with van der Waals surface area (Å²) in [7, 11) is 1.83. The Kier molecular flexibility index (Phi) is 10.4. The molecular weight excluding hydrogens is 462 g/mol. The summed E-state index contributed by atoms with van der Waals surface area (Å²) in [5.41, 5.74) is 19.7. The maximum atomic E-state index is 13.8. The van der Waals surface area contributed by atoms with Crippen molar-refractivity contribution in [2.24, 2.45) is 11.5 Å².